The lowest BCUT2D eigenvalue weighted by Crippen LogP contribution is -2.23. The second-order valence-corrected chi connectivity index (χ2v) is 6.32. The number of nitrogens with one attached hydrogen (secondary N) is 1. The van der Waals surface area contributed by atoms with E-state index >= 15 is 0 Å². The standard InChI is InChI=1S/C21H15N3O4/c25-18(13-23-12-15(24(27)28)10-11-19(23)26)20-16-8-4-5-9-17(16)22-21(20)14-6-2-1-3-7-14/h1-12,22H,13H2. The van der Waals surface area contributed by atoms with Crippen LogP contribution in [-0.4, -0.2) is 20.3 Å². The van der Waals surface area contributed by atoms with Crippen molar-refractivity contribution < 1.29 is 9.72 Å². The molecule has 4 aromatic rings. The van der Waals surface area contributed by atoms with Gasteiger partial charge in [0.05, 0.1) is 28.9 Å². The molecule has 1 N–H and O–H groups in total. The first-order chi connectivity index (χ1) is 13.5. The Balaban J connectivity index is 1.83. The summed E-state index contributed by atoms with van der Waals surface area (Å²) in [4.78, 5) is 38.9. The van der Waals surface area contributed by atoms with Crippen molar-refractivity contribution in [1.82, 2.24) is 9.55 Å². The molecule has 0 radical (unpaired) electrons. The summed E-state index contributed by atoms with van der Waals surface area (Å²) in [6.45, 7) is -0.289. The number of fused-ring (bicyclic) bond motifs is 1. The van der Waals surface area contributed by atoms with Gasteiger partial charge in [-0.15, -0.1) is 0 Å². The van der Waals surface area contributed by atoms with E-state index in [4.69, 9.17) is 0 Å². The number of nitro groups is 1. The van der Waals surface area contributed by atoms with Gasteiger partial charge in [-0.3, -0.25) is 19.7 Å². The largest absolute Gasteiger partial charge is 0.354 e. The fourth-order valence-corrected chi connectivity index (χ4v) is 3.24. The van der Waals surface area contributed by atoms with E-state index < -0.39 is 10.5 Å². The van der Waals surface area contributed by atoms with E-state index in [2.05, 4.69) is 4.98 Å². The van der Waals surface area contributed by atoms with Gasteiger partial charge in [0, 0.05) is 23.0 Å². The van der Waals surface area contributed by atoms with Crippen molar-refractivity contribution in [3.63, 3.8) is 0 Å². The van der Waals surface area contributed by atoms with E-state index in [9.17, 15) is 19.7 Å². The number of ketones is 1. The maximum atomic E-state index is 13.2. The van der Waals surface area contributed by atoms with Crippen molar-refractivity contribution in [1.29, 1.82) is 0 Å². The number of Topliss-reactive ketones (excluding diaryl/α,β-unsaturated/α-hetero) is 1. The zero-order chi connectivity index (χ0) is 19.7. The maximum Gasteiger partial charge on any atom is 0.285 e. The zero-order valence-corrected chi connectivity index (χ0v) is 14.7. The van der Waals surface area contributed by atoms with Crippen molar-refractivity contribution in [3.05, 3.63) is 99.0 Å². The molecular weight excluding hydrogens is 358 g/mol. The van der Waals surface area contributed by atoms with Gasteiger partial charge >= 0.3 is 0 Å². The summed E-state index contributed by atoms with van der Waals surface area (Å²) in [7, 11) is 0. The Morgan fingerprint density at radius 3 is 2.46 bits per heavy atom. The quantitative estimate of drug-likeness (QED) is 0.327. The number of hydrogen-bond donors (Lipinski definition) is 1. The lowest BCUT2D eigenvalue weighted by Gasteiger charge is -2.07. The van der Waals surface area contributed by atoms with E-state index in [-0.39, 0.29) is 18.0 Å². The molecule has 0 unspecified atom stereocenters. The molecule has 7 nitrogen and oxygen atoms in total. The van der Waals surface area contributed by atoms with Crippen LogP contribution in [0.4, 0.5) is 5.69 Å². The van der Waals surface area contributed by atoms with Crippen LogP contribution in [0.5, 0.6) is 0 Å². The first kappa shape index (κ1) is 17.4. The Kier molecular flexibility index (Phi) is 4.33. The topological polar surface area (TPSA) is 98.0 Å². The molecule has 0 atom stereocenters. The molecule has 0 aliphatic rings. The van der Waals surface area contributed by atoms with Crippen LogP contribution in [0.1, 0.15) is 10.4 Å². The van der Waals surface area contributed by atoms with E-state index in [1.165, 1.54) is 0 Å². The van der Waals surface area contributed by atoms with Crippen LogP contribution < -0.4 is 5.56 Å². The Labute approximate surface area is 159 Å². The fourth-order valence-electron chi connectivity index (χ4n) is 3.24. The van der Waals surface area contributed by atoms with Crippen molar-refractivity contribution in [2.24, 2.45) is 0 Å². The molecule has 2 aromatic carbocycles. The smallest absolute Gasteiger partial charge is 0.285 e. The van der Waals surface area contributed by atoms with Crippen molar-refractivity contribution in [2.45, 2.75) is 6.54 Å². The van der Waals surface area contributed by atoms with Crippen LogP contribution in [-0.2, 0) is 6.54 Å². The predicted octanol–water partition coefficient (Wildman–Crippen LogP) is 3.79. The lowest BCUT2D eigenvalue weighted by atomic mass is 10.0. The number of rotatable bonds is 5. The average molecular weight is 373 g/mol. The van der Waals surface area contributed by atoms with Crippen LogP contribution in [0.15, 0.2) is 77.7 Å². The highest BCUT2D eigenvalue weighted by molar-refractivity contribution is 6.13. The molecule has 28 heavy (non-hydrogen) atoms. The number of aromatic nitrogens is 2. The third-order valence-electron chi connectivity index (χ3n) is 4.54. The molecule has 0 aliphatic heterocycles. The summed E-state index contributed by atoms with van der Waals surface area (Å²) in [5, 5.41) is 11.7. The zero-order valence-electron chi connectivity index (χ0n) is 14.7. The second-order valence-electron chi connectivity index (χ2n) is 6.32. The van der Waals surface area contributed by atoms with E-state index in [1.54, 1.807) is 0 Å². The molecule has 7 heteroatoms. The Morgan fingerprint density at radius 2 is 1.71 bits per heavy atom. The molecule has 138 valence electrons. The highest BCUT2D eigenvalue weighted by Gasteiger charge is 2.20. The summed E-state index contributed by atoms with van der Waals surface area (Å²) in [5.74, 6) is -0.307. The van der Waals surface area contributed by atoms with Crippen LogP contribution in [0.3, 0.4) is 0 Å². The Bertz CT molecular complexity index is 1260. The summed E-state index contributed by atoms with van der Waals surface area (Å²) in [6, 6.07) is 19.1. The van der Waals surface area contributed by atoms with E-state index in [0.29, 0.717) is 11.3 Å². The number of H-pyrrole nitrogens is 1. The van der Waals surface area contributed by atoms with Gasteiger partial charge in [0.15, 0.2) is 5.78 Å². The highest BCUT2D eigenvalue weighted by Crippen LogP contribution is 2.31. The summed E-state index contributed by atoms with van der Waals surface area (Å²) >= 11 is 0. The number of nitrogens with zero attached hydrogens (tertiary/aromatic N) is 2. The van der Waals surface area contributed by atoms with Gasteiger partial charge in [0.2, 0.25) is 0 Å². The predicted molar refractivity (Wildman–Crippen MR) is 105 cm³/mol. The molecule has 0 spiro atoms. The van der Waals surface area contributed by atoms with Crippen LogP contribution >= 0.6 is 0 Å². The van der Waals surface area contributed by atoms with Crippen molar-refractivity contribution in [3.8, 4) is 11.3 Å². The van der Waals surface area contributed by atoms with E-state index in [0.717, 1.165) is 39.4 Å². The molecule has 0 amide bonds. The van der Waals surface area contributed by atoms with Gasteiger partial charge < -0.3 is 9.55 Å². The van der Waals surface area contributed by atoms with Gasteiger partial charge in [0.25, 0.3) is 11.2 Å². The van der Waals surface area contributed by atoms with Gasteiger partial charge in [-0.2, -0.15) is 0 Å². The molecular formula is C21H15N3O4. The monoisotopic (exact) mass is 373 g/mol. The molecule has 2 heterocycles. The average Bonchev–Trinajstić information content (AvgIpc) is 3.10. The maximum absolute atomic E-state index is 13.2. The van der Waals surface area contributed by atoms with Crippen LogP contribution in [0.25, 0.3) is 22.2 Å². The first-order valence-electron chi connectivity index (χ1n) is 8.59. The Morgan fingerprint density at radius 1 is 1.00 bits per heavy atom. The van der Waals surface area contributed by atoms with Gasteiger partial charge in [-0.25, -0.2) is 0 Å². The third-order valence-corrected chi connectivity index (χ3v) is 4.54. The Hall–Kier alpha value is -4.00. The molecule has 0 saturated heterocycles. The van der Waals surface area contributed by atoms with Crippen LogP contribution in [0, 0.1) is 10.1 Å². The number of aromatic amines is 1. The van der Waals surface area contributed by atoms with Crippen molar-refractivity contribution >= 4 is 22.4 Å². The van der Waals surface area contributed by atoms with Gasteiger partial charge in [0.1, 0.15) is 0 Å². The minimum atomic E-state index is -0.596. The van der Waals surface area contributed by atoms with Crippen molar-refractivity contribution in [2.75, 3.05) is 0 Å². The number of benzene rings is 2. The fraction of sp³-hybridized carbons (Fsp3) is 0.0476. The van der Waals surface area contributed by atoms with Gasteiger partial charge in [-0.1, -0.05) is 48.5 Å². The number of carbonyl (C=O) groups is 1. The first-order valence-corrected chi connectivity index (χ1v) is 8.59. The third kappa shape index (κ3) is 3.09. The lowest BCUT2D eigenvalue weighted by molar-refractivity contribution is -0.385. The number of pyridine rings is 1. The molecule has 4 rings (SSSR count). The molecule has 0 bridgehead atoms. The number of carbonyl (C=O) groups excluding carboxylic acids is 1. The highest BCUT2D eigenvalue weighted by atomic mass is 16.6. The second kappa shape index (κ2) is 6.96. The van der Waals surface area contributed by atoms with Gasteiger partial charge in [-0.05, 0) is 11.6 Å². The number of para-hydroxylation sites is 1. The summed E-state index contributed by atoms with van der Waals surface area (Å²) < 4.78 is 1.07. The molecule has 0 fully saturated rings. The number of hydrogen-bond acceptors (Lipinski definition) is 4. The molecule has 2 aromatic heterocycles. The summed E-state index contributed by atoms with van der Waals surface area (Å²) in [6.07, 6.45) is 1.09. The minimum Gasteiger partial charge on any atom is -0.354 e. The minimum absolute atomic E-state index is 0.241. The van der Waals surface area contributed by atoms with E-state index in [1.807, 2.05) is 54.6 Å². The van der Waals surface area contributed by atoms with Crippen LogP contribution in [0.2, 0.25) is 0 Å². The molecule has 0 aliphatic carbocycles. The normalized spacial score (nSPS) is 10.9. The SMILES string of the molecule is O=C(Cn1cc([N+](=O)[O-])ccc1=O)c1c(-c2ccccc2)[nH]c2ccccc12. The summed E-state index contributed by atoms with van der Waals surface area (Å²) in [5.41, 5.74) is 2.05. The molecule has 0 saturated carbocycles.